The summed E-state index contributed by atoms with van der Waals surface area (Å²) in [5, 5.41) is 8.50. The van der Waals surface area contributed by atoms with Gasteiger partial charge < -0.3 is 5.11 Å². The van der Waals surface area contributed by atoms with Gasteiger partial charge in [-0.25, -0.2) is 4.79 Å². The Hall–Kier alpha value is -1.69. The van der Waals surface area contributed by atoms with Crippen molar-refractivity contribution in [2.24, 2.45) is 10.3 Å². The third-order valence-electron chi connectivity index (χ3n) is 2.13. The zero-order chi connectivity index (χ0) is 14.8. The molecular weight excluding hydrogens is 266 g/mol. The SMILES string of the molecule is CC(C)CC(N=S(=O)=O)C(=O)O.Cc1ccccc1. The Kier molecular flexibility index (Phi) is 8.44. The summed E-state index contributed by atoms with van der Waals surface area (Å²) in [5.74, 6) is -1.09. The summed E-state index contributed by atoms with van der Waals surface area (Å²) in [6.07, 6.45) is 0.239. The first-order valence-corrected chi connectivity index (χ1v) is 6.90. The fraction of sp³-hybridized carbons (Fsp3) is 0.462. The van der Waals surface area contributed by atoms with E-state index in [-0.39, 0.29) is 12.3 Å². The summed E-state index contributed by atoms with van der Waals surface area (Å²) in [6.45, 7) is 5.69. The molecule has 19 heavy (non-hydrogen) atoms. The van der Waals surface area contributed by atoms with Crippen LogP contribution in [0.3, 0.4) is 0 Å². The van der Waals surface area contributed by atoms with E-state index in [2.05, 4.69) is 23.4 Å². The highest BCUT2D eigenvalue weighted by Crippen LogP contribution is 2.07. The number of hydrogen-bond acceptors (Lipinski definition) is 4. The standard InChI is InChI=1S/C7H8.C6H11NO4S/c1-7-5-3-2-4-6-7;1-4(2)3-5(6(8)9)7-12(10)11/h2-6H,1H3;4-5H,3H2,1-2H3,(H,8,9). The summed E-state index contributed by atoms with van der Waals surface area (Å²) in [7, 11) is -2.64. The first-order chi connectivity index (χ1) is 8.82. The number of benzene rings is 1. The number of hydrogen-bond donors (Lipinski definition) is 1. The molecule has 0 radical (unpaired) electrons. The molecule has 0 aromatic heterocycles. The number of rotatable bonds is 4. The molecule has 5 nitrogen and oxygen atoms in total. The van der Waals surface area contributed by atoms with E-state index in [1.807, 2.05) is 18.2 Å². The van der Waals surface area contributed by atoms with Crippen LogP contribution in [0.2, 0.25) is 0 Å². The Bertz CT molecular complexity index is 501. The zero-order valence-electron chi connectivity index (χ0n) is 11.3. The van der Waals surface area contributed by atoms with Gasteiger partial charge in [-0.1, -0.05) is 49.7 Å². The fourth-order valence-electron chi connectivity index (χ4n) is 1.27. The van der Waals surface area contributed by atoms with Crippen LogP contribution in [0, 0.1) is 12.8 Å². The molecule has 1 atom stereocenters. The minimum Gasteiger partial charge on any atom is -0.480 e. The molecule has 6 heteroatoms. The van der Waals surface area contributed by atoms with E-state index in [1.54, 1.807) is 13.8 Å². The molecule has 0 bridgehead atoms. The molecule has 0 saturated heterocycles. The highest BCUT2D eigenvalue weighted by atomic mass is 32.2. The quantitative estimate of drug-likeness (QED) is 0.921. The molecule has 0 aliphatic carbocycles. The lowest BCUT2D eigenvalue weighted by atomic mass is 10.1. The van der Waals surface area contributed by atoms with Crippen molar-refractivity contribution in [1.29, 1.82) is 0 Å². The predicted octanol–water partition coefficient (Wildman–Crippen LogP) is 2.54. The van der Waals surface area contributed by atoms with Gasteiger partial charge in [0.25, 0.3) is 0 Å². The smallest absolute Gasteiger partial charge is 0.329 e. The van der Waals surface area contributed by atoms with Gasteiger partial charge in [-0.05, 0) is 19.3 Å². The van der Waals surface area contributed by atoms with E-state index >= 15 is 0 Å². The second-order valence-electron chi connectivity index (χ2n) is 4.46. The van der Waals surface area contributed by atoms with Gasteiger partial charge in [0.05, 0.1) is 0 Å². The highest BCUT2D eigenvalue weighted by Gasteiger charge is 2.17. The molecule has 0 aliphatic heterocycles. The summed E-state index contributed by atoms with van der Waals surface area (Å²) in [6, 6.07) is 9.13. The van der Waals surface area contributed by atoms with Gasteiger partial charge in [-0.2, -0.15) is 12.8 Å². The minimum atomic E-state index is -2.64. The third-order valence-corrected chi connectivity index (χ3v) is 2.56. The third kappa shape index (κ3) is 9.96. The Morgan fingerprint density at radius 3 is 2.05 bits per heavy atom. The van der Waals surface area contributed by atoms with Crippen molar-refractivity contribution >= 4 is 16.5 Å². The van der Waals surface area contributed by atoms with Crippen molar-refractivity contribution in [3.05, 3.63) is 35.9 Å². The van der Waals surface area contributed by atoms with Crippen molar-refractivity contribution < 1.29 is 18.3 Å². The van der Waals surface area contributed by atoms with Gasteiger partial charge in [0, 0.05) is 0 Å². The zero-order valence-corrected chi connectivity index (χ0v) is 12.1. The molecule has 106 valence electrons. The van der Waals surface area contributed by atoms with E-state index in [9.17, 15) is 13.2 Å². The van der Waals surface area contributed by atoms with Gasteiger partial charge in [-0.3, -0.25) is 0 Å². The second kappa shape index (κ2) is 9.27. The number of carboxylic acid groups (broad SMARTS) is 1. The molecular formula is C13H19NO4S. The van der Waals surface area contributed by atoms with E-state index in [0.717, 1.165) is 0 Å². The molecule has 0 aliphatic rings. The maximum atomic E-state index is 10.4. The van der Waals surface area contributed by atoms with Crippen LogP contribution in [0.25, 0.3) is 0 Å². The van der Waals surface area contributed by atoms with Crippen molar-refractivity contribution in [2.75, 3.05) is 0 Å². The van der Waals surface area contributed by atoms with Crippen molar-refractivity contribution in [1.82, 2.24) is 0 Å². The number of carbonyl (C=O) groups is 1. The maximum absolute atomic E-state index is 10.4. The monoisotopic (exact) mass is 285 g/mol. The first-order valence-electron chi connectivity index (χ1n) is 5.87. The Morgan fingerprint density at radius 2 is 1.79 bits per heavy atom. The van der Waals surface area contributed by atoms with Crippen LogP contribution in [0.4, 0.5) is 0 Å². The van der Waals surface area contributed by atoms with Crippen LogP contribution in [-0.2, 0) is 15.3 Å². The Labute approximate surface area is 115 Å². The van der Waals surface area contributed by atoms with Crippen LogP contribution in [-0.4, -0.2) is 25.5 Å². The molecule has 1 aromatic rings. The minimum absolute atomic E-state index is 0.110. The molecule has 0 spiro atoms. The summed E-state index contributed by atoms with van der Waals surface area (Å²) >= 11 is 0. The van der Waals surface area contributed by atoms with Crippen LogP contribution < -0.4 is 0 Å². The topological polar surface area (TPSA) is 83.8 Å². The molecule has 0 saturated carbocycles. The van der Waals surface area contributed by atoms with E-state index in [1.165, 1.54) is 5.56 Å². The summed E-state index contributed by atoms with van der Waals surface area (Å²) in [5.41, 5.74) is 1.32. The largest absolute Gasteiger partial charge is 0.480 e. The second-order valence-corrected chi connectivity index (χ2v) is 5.11. The van der Waals surface area contributed by atoms with Gasteiger partial charge in [0.15, 0.2) is 6.04 Å². The molecule has 1 aromatic carbocycles. The van der Waals surface area contributed by atoms with Crippen LogP contribution >= 0.6 is 0 Å². The van der Waals surface area contributed by atoms with Crippen LogP contribution in [0.15, 0.2) is 34.7 Å². The summed E-state index contributed by atoms with van der Waals surface area (Å²) in [4.78, 5) is 10.4. The molecule has 0 fully saturated rings. The molecule has 0 heterocycles. The maximum Gasteiger partial charge on any atom is 0.329 e. The average Bonchev–Trinajstić information content (AvgIpc) is 2.28. The highest BCUT2D eigenvalue weighted by molar-refractivity contribution is 7.61. The van der Waals surface area contributed by atoms with Gasteiger partial charge in [0.2, 0.25) is 0 Å². The predicted molar refractivity (Wildman–Crippen MR) is 73.4 cm³/mol. The average molecular weight is 285 g/mol. The van der Waals surface area contributed by atoms with E-state index in [0.29, 0.717) is 0 Å². The lowest BCUT2D eigenvalue weighted by molar-refractivity contribution is -0.138. The normalized spacial score (nSPS) is 11.2. The molecule has 0 amide bonds. The van der Waals surface area contributed by atoms with E-state index < -0.39 is 22.5 Å². The lowest BCUT2D eigenvalue weighted by Crippen LogP contribution is -2.19. The number of aryl methyl sites for hydroxylation is 1. The first kappa shape index (κ1) is 17.3. The molecule has 1 unspecified atom stereocenters. The van der Waals surface area contributed by atoms with Crippen LogP contribution in [0.5, 0.6) is 0 Å². The number of aliphatic carboxylic acids is 1. The molecule has 1 rings (SSSR count). The summed E-state index contributed by atoms with van der Waals surface area (Å²) < 4.78 is 23.2. The fourth-order valence-corrected chi connectivity index (χ4v) is 1.66. The van der Waals surface area contributed by atoms with Crippen LogP contribution in [0.1, 0.15) is 25.8 Å². The van der Waals surface area contributed by atoms with Gasteiger partial charge >= 0.3 is 16.5 Å². The lowest BCUT2D eigenvalue weighted by Gasteiger charge is -2.06. The Morgan fingerprint density at radius 1 is 1.26 bits per heavy atom. The molecule has 1 N–H and O–H groups in total. The van der Waals surface area contributed by atoms with Crippen molar-refractivity contribution in [2.45, 2.75) is 33.2 Å². The van der Waals surface area contributed by atoms with Crippen molar-refractivity contribution in [3.8, 4) is 0 Å². The van der Waals surface area contributed by atoms with Gasteiger partial charge in [-0.15, -0.1) is 0 Å². The number of carboxylic acids is 1. The Balaban J connectivity index is 0.000000388. The van der Waals surface area contributed by atoms with Crippen molar-refractivity contribution in [3.63, 3.8) is 0 Å². The van der Waals surface area contributed by atoms with Gasteiger partial charge in [0.1, 0.15) is 0 Å². The van der Waals surface area contributed by atoms with E-state index in [4.69, 9.17) is 5.11 Å². The number of nitrogens with zero attached hydrogens (tertiary/aromatic N) is 1.